The molecule has 13 heavy (non-hydrogen) atoms. The number of pyridine rings is 1. The van der Waals surface area contributed by atoms with Crippen LogP contribution in [0.5, 0.6) is 0 Å². The summed E-state index contributed by atoms with van der Waals surface area (Å²) in [4.78, 5) is 4.36. The highest BCUT2D eigenvalue weighted by Crippen LogP contribution is 2.24. The highest BCUT2D eigenvalue weighted by atomic mass is 127. The molecular weight excluding hydrogens is 275 g/mol. The average molecular weight is 286 g/mol. The number of aromatic nitrogens is 1. The van der Waals surface area contributed by atoms with Crippen molar-refractivity contribution in [2.24, 2.45) is 0 Å². The topological polar surface area (TPSA) is 24.9 Å². The van der Waals surface area contributed by atoms with Gasteiger partial charge in [-0.25, -0.2) is 0 Å². The summed E-state index contributed by atoms with van der Waals surface area (Å²) < 4.78 is 1.24. The molecule has 1 atom stereocenters. The van der Waals surface area contributed by atoms with Gasteiger partial charge in [-0.05, 0) is 47.2 Å². The normalized spacial score (nSPS) is 21.9. The summed E-state index contributed by atoms with van der Waals surface area (Å²) in [5, 5.41) is 3.30. The van der Waals surface area contributed by atoms with E-state index in [2.05, 4.69) is 45.0 Å². The molecule has 2 heterocycles. The lowest BCUT2D eigenvalue weighted by molar-refractivity contribution is 0.642. The van der Waals surface area contributed by atoms with E-state index in [1.54, 1.807) is 0 Å². The number of nitrogens with one attached hydrogen (secondary N) is 1. The fourth-order valence-electron chi connectivity index (χ4n) is 1.49. The third-order valence-corrected chi connectivity index (χ3v) is 2.91. The molecule has 0 aromatic carbocycles. The van der Waals surface area contributed by atoms with Gasteiger partial charge < -0.3 is 5.32 Å². The molecule has 0 fully saturated rings. The zero-order valence-electron chi connectivity index (χ0n) is 7.20. The summed E-state index contributed by atoms with van der Waals surface area (Å²) in [5.74, 6) is 0.495. The van der Waals surface area contributed by atoms with Crippen LogP contribution in [0.15, 0.2) is 34.2 Å². The molecule has 3 heteroatoms. The monoisotopic (exact) mass is 286 g/mol. The van der Waals surface area contributed by atoms with Gasteiger partial charge >= 0.3 is 0 Å². The van der Waals surface area contributed by atoms with Crippen molar-refractivity contribution in [1.82, 2.24) is 10.3 Å². The lowest BCUT2D eigenvalue weighted by Gasteiger charge is -2.19. The maximum absolute atomic E-state index is 4.36. The maximum Gasteiger partial charge on any atom is 0.0698 e. The molecule has 1 aliphatic heterocycles. The third kappa shape index (κ3) is 2.21. The third-order valence-electron chi connectivity index (χ3n) is 2.16. The van der Waals surface area contributed by atoms with Crippen LogP contribution in [0.1, 0.15) is 18.0 Å². The van der Waals surface area contributed by atoms with E-state index in [9.17, 15) is 0 Å². The van der Waals surface area contributed by atoms with Crippen LogP contribution in [0.4, 0.5) is 0 Å². The number of nitrogens with zero attached hydrogens (tertiary/aromatic N) is 1. The summed E-state index contributed by atoms with van der Waals surface area (Å²) in [6.45, 7) is 1.05. The van der Waals surface area contributed by atoms with Crippen LogP contribution in [0, 0.1) is 0 Å². The van der Waals surface area contributed by atoms with Crippen molar-refractivity contribution in [2.45, 2.75) is 12.3 Å². The molecule has 1 aromatic heterocycles. The van der Waals surface area contributed by atoms with Crippen molar-refractivity contribution in [3.63, 3.8) is 0 Å². The first-order chi connectivity index (χ1) is 6.36. The maximum atomic E-state index is 4.36. The number of allylic oxidation sites excluding steroid dienone is 1. The summed E-state index contributed by atoms with van der Waals surface area (Å²) in [6, 6.07) is 6.10. The molecule has 2 nitrogen and oxygen atoms in total. The molecule has 2 rings (SSSR count). The highest BCUT2D eigenvalue weighted by molar-refractivity contribution is 14.1. The van der Waals surface area contributed by atoms with Gasteiger partial charge in [-0.15, -0.1) is 0 Å². The van der Waals surface area contributed by atoms with E-state index in [1.807, 2.05) is 18.3 Å². The Kier molecular flexibility index (Phi) is 2.83. The standard InChI is InChI=1S/C10H11IN2/c11-10-7-8(4-6-13-10)9-3-1-2-5-12-9/h1-3,5,7-8,13H,4,6H2. The Balaban J connectivity index is 2.22. The molecule has 1 aliphatic rings. The quantitative estimate of drug-likeness (QED) is 0.633. The van der Waals surface area contributed by atoms with E-state index in [0.717, 1.165) is 13.0 Å². The minimum absolute atomic E-state index is 0.495. The molecule has 0 amide bonds. The van der Waals surface area contributed by atoms with E-state index in [4.69, 9.17) is 0 Å². The van der Waals surface area contributed by atoms with Crippen LogP contribution < -0.4 is 5.32 Å². The Morgan fingerprint density at radius 3 is 3.08 bits per heavy atom. The van der Waals surface area contributed by atoms with Crippen molar-refractivity contribution in [2.75, 3.05) is 6.54 Å². The molecule has 68 valence electrons. The van der Waals surface area contributed by atoms with E-state index in [1.165, 1.54) is 9.40 Å². The van der Waals surface area contributed by atoms with Crippen LogP contribution in [-0.2, 0) is 0 Å². The predicted octanol–water partition coefficient (Wildman–Crippen LogP) is 2.43. The van der Waals surface area contributed by atoms with Crippen molar-refractivity contribution >= 4 is 22.6 Å². The number of hydrogen-bond donors (Lipinski definition) is 1. The molecule has 0 saturated heterocycles. The Morgan fingerprint density at radius 1 is 1.46 bits per heavy atom. The van der Waals surface area contributed by atoms with Crippen molar-refractivity contribution in [3.05, 3.63) is 39.9 Å². The summed E-state index contributed by atoms with van der Waals surface area (Å²) >= 11 is 2.32. The smallest absolute Gasteiger partial charge is 0.0698 e. The second kappa shape index (κ2) is 4.09. The van der Waals surface area contributed by atoms with Gasteiger partial charge in [-0.1, -0.05) is 6.07 Å². The van der Waals surface area contributed by atoms with Crippen molar-refractivity contribution < 1.29 is 0 Å². The molecular formula is C10H11IN2. The zero-order valence-corrected chi connectivity index (χ0v) is 9.36. The summed E-state index contributed by atoms with van der Waals surface area (Å²) in [5.41, 5.74) is 1.18. The largest absolute Gasteiger partial charge is 0.380 e. The van der Waals surface area contributed by atoms with Gasteiger partial charge in [0, 0.05) is 24.4 Å². The summed E-state index contributed by atoms with van der Waals surface area (Å²) in [7, 11) is 0. The van der Waals surface area contributed by atoms with E-state index in [0.29, 0.717) is 5.92 Å². The predicted molar refractivity (Wildman–Crippen MR) is 61.7 cm³/mol. The van der Waals surface area contributed by atoms with E-state index >= 15 is 0 Å². The van der Waals surface area contributed by atoms with Crippen LogP contribution >= 0.6 is 22.6 Å². The van der Waals surface area contributed by atoms with Crippen LogP contribution in [0.2, 0.25) is 0 Å². The Morgan fingerprint density at radius 2 is 2.38 bits per heavy atom. The molecule has 1 aromatic rings. The zero-order chi connectivity index (χ0) is 9.10. The SMILES string of the molecule is IC1=CC(c2ccccn2)CCN1. The molecule has 0 spiro atoms. The van der Waals surface area contributed by atoms with Gasteiger partial charge in [0.1, 0.15) is 0 Å². The van der Waals surface area contributed by atoms with Gasteiger partial charge in [0.15, 0.2) is 0 Å². The molecule has 0 bridgehead atoms. The molecule has 0 radical (unpaired) electrons. The Bertz CT molecular complexity index is 308. The van der Waals surface area contributed by atoms with Gasteiger partial charge in [-0.3, -0.25) is 4.98 Å². The minimum Gasteiger partial charge on any atom is -0.380 e. The van der Waals surface area contributed by atoms with E-state index < -0.39 is 0 Å². The first kappa shape index (κ1) is 8.99. The highest BCUT2D eigenvalue weighted by Gasteiger charge is 2.13. The van der Waals surface area contributed by atoms with Crippen LogP contribution in [0.3, 0.4) is 0 Å². The second-order valence-electron chi connectivity index (χ2n) is 3.09. The molecule has 0 aliphatic carbocycles. The van der Waals surface area contributed by atoms with Crippen LogP contribution in [0.25, 0.3) is 0 Å². The minimum atomic E-state index is 0.495. The lowest BCUT2D eigenvalue weighted by Crippen LogP contribution is -2.19. The average Bonchev–Trinajstić information content (AvgIpc) is 2.19. The fourth-order valence-corrected chi connectivity index (χ4v) is 2.20. The lowest BCUT2D eigenvalue weighted by atomic mass is 9.99. The Hall–Kier alpha value is -0.580. The van der Waals surface area contributed by atoms with Gasteiger partial charge in [0.2, 0.25) is 0 Å². The summed E-state index contributed by atoms with van der Waals surface area (Å²) in [6.07, 6.45) is 5.24. The van der Waals surface area contributed by atoms with Gasteiger partial charge in [0.05, 0.1) is 3.70 Å². The van der Waals surface area contributed by atoms with Gasteiger partial charge in [0.25, 0.3) is 0 Å². The Labute approximate surface area is 91.6 Å². The molecule has 0 saturated carbocycles. The molecule has 1 unspecified atom stereocenters. The number of hydrogen-bond acceptors (Lipinski definition) is 2. The van der Waals surface area contributed by atoms with Crippen molar-refractivity contribution in [3.8, 4) is 0 Å². The fraction of sp³-hybridized carbons (Fsp3) is 0.300. The number of rotatable bonds is 1. The van der Waals surface area contributed by atoms with E-state index in [-0.39, 0.29) is 0 Å². The van der Waals surface area contributed by atoms with Crippen molar-refractivity contribution in [1.29, 1.82) is 0 Å². The molecule has 1 N–H and O–H groups in total. The van der Waals surface area contributed by atoms with Crippen LogP contribution in [-0.4, -0.2) is 11.5 Å². The van der Waals surface area contributed by atoms with Gasteiger partial charge in [-0.2, -0.15) is 0 Å². The second-order valence-corrected chi connectivity index (χ2v) is 4.25. The first-order valence-corrected chi connectivity index (χ1v) is 5.46. The number of halogens is 1. The first-order valence-electron chi connectivity index (χ1n) is 4.38.